The number of para-hydroxylation sites is 1. The van der Waals surface area contributed by atoms with Crippen LogP contribution in [-0.4, -0.2) is 76.2 Å². The Hall–Kier alpha value is -3.85. The van der Waals surface area contributed by atoms with E-state index in [2.05, 4.69) is 19.9 Å². The van der Waals surface area contributed by atoms with Crippen LogP contribution in [-0.2, 0) is 24.5 Å². The summed E-state index contributed by atoms with van der Waals surface area (Å²) < 4.78 is 21.5. The van der Waals surface area contributed by atoms with Crippen molar-refractivity contribution in [3.8, 4) is 11.5 Å². The number of benzene rings is 2. The Bertz CT molecular complexity index is 1210. The van der Waals surface area contributed by atoms with Gasteiger partial charge in [-0.2, -0.15) is 0 Å². The highest BCUT2D eigenvalue weighted by molar-refractivity contribution is 5.97. The molecule has 0 bridgehead atoms. The minimum atomic E-state index is -0.664. The highest BCUT2D eigenvalue weighted by Gasteiger charge is 2.38. The van der Waals surface area contributed by atoms with Gasteiger partial charge >= 0.3 is 5.97 Å². The molecule has 0 spiro atoms. The van der Waals surface area contributed by atoms with Crippen LogP contribution in [0.4, 0.5) is 5.69 Å². The summed E-state index contributed by atoms with van der Waals surface area (Å²) in [4.78, 5) is 41.3. The number of esters is 1. The third-order valence-corrected chi connectivity index (χ3v) is 6.70. The molecule has 1 saturated heterocycles. The highest BCUT2D eigenvalue weighted by atomic mass is 16.5. The van der Waals surface area contributed by atoms with Crippen molar-refractivity contribution in [3.05, 3.63) is 65.4 Å². The lowest BCUT2D eigenvalue weighted by atomic mass is 9.83. The van der Waals surface area contributed by atoms with E-state index < -0.39 is 12.6 Å². The first kappa shape index (κ1) is 26.2. The van der Waals surface area contributed by atoms with Gasteiger partial charge < -0.3 is 28.7 Å². The lowest BCUT2D eigenvalue weighted by Crippen LogP contribution is -2.43. The van der Waals surface area contributed by atoms with Crippen LogP contribution in [0.25, 0.3) is 0 Å². The average Bonchev–Trinajstić information content (AvgIpc) is 3.11. The first-order valence-electron chi connectivity index (χ1n) is 12.1. The molecule has 0 unspecified atom stereocenters. The van der Waals surface area contributed by atoms with Crippen molar-refractivity contribution in [3.63, 3.8) is 0 Å². The Kier molecular flexibility index (Phi) is 7.83. The van der Waals surface area contributed by atoms with Gasteiger partial charge in [-0.1, -0.05) is 32.0 Å². The fourth-order valence-corrected chi connectivity index (χ4v) is 4.63. The average molecular weight is 509 g/mol. The number of ketones is 1. The molecule has 2 aliphatic rings. The van der Waals surface area contributed by atoms with Gasteiger partial charge in [0.25, 0.3) is 5.91 Å². The number of fused-ring (bicyclic) bond motifs is 1. The molecule has 0 N–H and O–H groups in total. The summed E-state index contributed by atoms with van der Waals surface area (Å²) >= 11 is 0. The predicted octanol–water partition coefficient (Wildman–Crippen LogP) is 2.97. The SMILES string of the molecule is COc1cc(C(=O)OCC(=O)/C=C2/N(C)c3ccccc3C2(C)C)ccc1OCC(=O)N1CCOCC1. The van der Waals surface area contributed by atoms with Crippen LogP contribution in [0, 0.1) is 0 Å². The third-order valence-electron chi connectivity index (χ3n) is 6.70. The van der Waals surface area contributed by atoms with Crippen molar-refractivity contribution < 1.29 is 33.3 Å². The van der Waals surface area contributed by atoms with Crippen LogP contribution in [0.2, 0.25) is 0 Å². The number of anilines is 1. The van der Waals surface area contributed by atoms with Crippen LogP contribution < -0.4 is 14.4 Å². The number of carbonyl (C=O) groups is 3. The standard InChI is InChI=1S/C28H32N2O7/c1-28(2)21-7-5-6-8-22(21)29(3)25(28)16-20(31)17-37-27(33)19-9-10-23(24(15-19)34-4)36-18-26(32)30-11-13-35-14-12-30/h5-10,15-16H,11-14,17-18H2,1-4H3/b25-16+. The second-order valence-corrected chi connectivity index (χ2v) is 9.42. The fraction of sp³-hybridized carbons (Fsp3) is 0.393. The number of morpholine rings is 1. The van der Waals surface area contributed by atoms with E-state index in [1.807, 2.05) is 30.1 Å². The van der Waals surface area contributed by atoms with Gasteiger partial charge in [0.15, 0.2) is 30.5 Å². The number of nitrogens with zero attached hydrogens (tertiary/aromatic N) is 2. The number of carbonyl (C=O) groups excluding carboxylic acids is 3. The summed E-state index contributed by atoms with van der Waals surface area (Å²) in [6, 6.07) is 12.5. The Labute approximate surface area is 216 Å². The van der Waals surface area contributed by atoms with Gasteiger partial charge in [0.2, 0.25) is 0 Å². The molecule has 9 heteroatoms. The van der Waals surface area contributed by atoms with E-state index in [1.54, 1.807) is 11.0 Å². The third kappa shape index (κ3) is 5.61. The molecule has 0 aromatic heterocycles. The maximum absolute atomic E-state index is 12.7. The molecule has 196 valence electrons. The monoisotopic (exact) mass is 508 g/mol. The molecule has 2 aliphatic heterocycles. The summed E-state index contributed by atoms with van der Waals surface area (Å²) in [6.07, 6.45) is 1.54. The Balaban J connectivity index is 1.36. The largest absolute Gasteiger partial charge is 0.493 e. The summed E-state index contributed by atoms with van der Waals surface area (Å²) in [5.41, 5.74) is 2.87. The normalized spacial score (nSPS) is 17.4. The Morgan fingerprint density at radius 3 is 2.46 bits per heavy atom. The number of hydrogen-bond donors (Lipinski definition) is 0. The highest BCUT2D eigenvalue weighted by Crippen LogP contribution is 2.46. The lowest BCUT2D eigenvalue weighted by Gasteiger charge is -2.26. The van der Waals surface area contributed by atoms with E-state index in [0.29, 0.717) is 32.1 Å². The molecule has 0 atom stereocenters. The molecule has 37 heavy (non-hydrogen) atoms. The van der Waals surface area contributed by atoms with Gasteiger partial charge in [0, 0.05) is 43.0 Å². The molecule has 0 radical (unpaired) electrons. The minimum absolute atomic E-state index is 0.152. The van der Waals surface area contributed by atoms with Crippen molar-refractivity contribution in [2.24, 2.45) is 0 Å². The molecular formula is C28H32N2O7. The van der Waals surface area contributed by atoms with Gasteiger partial charge in [0.1, 0.15) is 0 Å². The number of ether oxygens (including phenoxy) is 4. The van der Waals surface area contributed by atoms with E-state index in [1.165, 1.54) is 25.3 Å². The topological polar surface area (TPSA) is 94.6 Å². The molecule has 9 nitrogen and oxygen atoms in total. The molecule has 2 aromatic carbocycles. The maximum atomic E-state index is 12.7. The van der Waals surface area contributed by atoms with Gasteiger partial charge in [0.05, 0.1) is 25.9 Å². The lowest BCUT2D eigenvalue weighted by molar-refractivity contribution is -0.137. The van der Waals surface area contributed by atoms with Crippen LogP contribution in [0.5, 0.6) is 11.5 Å². The van der Waals surface area contributed by atoms with Crippen LogP contribution in [0.15, 0.2) is 54.2 Å². The number of likely N-dealkylation sites (N-methyl/N-ethyl adjacent to an activating group) is 1. The van der Waals surface area contributed by atoms with Crippen molar-refractivity contribution >= 4 is 23.3 Å². The minimum Gasteiger partial charge on any atom is -0.493 e. The number of hydrogen-bond acceptors (Lipinski definition) is 8. The molecule has 1 amide bonds. The Morgan fingerprint density at radius 1 is 1.03 bits per heavy atom. The summed E-state index contributed by atoms with van der Waals surface area (Å²) in [7, 11) is 3.36. The zero-order valence-corrected chi connectivity index (χ0v) is 21.6. The quantitative estimate of drug-likeness (QED) is 0.397. The van der Waals surface area contributed by atoms with Crippen molar-refractivity contribution in [1.82, 2.24) is 4.90 Å². The molecule has 2 heterocycles. The van der Waals surface area contributed by atoms with E-state index in [9.17, 15) is 14.4 Å². The number of allylic oxidation sites excluding steroid dienone is 1. The van der Waals surface area contributed by atoms with E-state index in [4.69, 9.17) is 18.9 Å². The second-order valence-electron chi connectivity index (χ2n) is 9.42. The zero-order valence-electron chi connectivity index (χ0n) is 21.6. The van der Waals surface area contributed by atoms with Crippen LogP contribution in [0.3, 0.4) is 0 Å². The second kappa shape index (κ2) is 11.0. The molecule has 1 fully saturated rings. The first-order valence-corrected chi connectivity index (χ1v) is 12.1. The first-order chi connectivity index (χ1) is 17.7. The molecular weight excluding hydrogens is 476 g/mol. The van der Waals surface area contributed by atoms with Crippen molar-refractivity contribution in [1.29, 1.82) is 0 Å². The number of amides is 1. The van der Waals surface area contributed by atoms with Crippen molar-refractivity contribution in [2.75, 3.05) is 58.6 Å². The molecule has 0 aliphatic carbocycles. The smallest absolute Gasteiger partial charge is 0.338 e. The molecule has 2 aromatic rings. The predicted molar refractivity (Wildman–Crippen MR) is 137 cm³/mol. The summed E-state index contributed by atoms with van der Waals surface area (Å²) in [6.45, 7) is 5.65. The van der Waals surface area contributed by atoms with E-state index >= 15 is 0 Å². The van der Waals surface area contributed by atoms with Crippen LogP contribution in [0.1, 0.15) is 29.8 Å². The van der Waals surface area contributed by atoms with E-state index in [-0.39, 0.29) is 35.0 Å². The number of methoxy groups -OCH3 is 1. The molecule has 4 rings (SSSR count). The fourth-order valence-electron chi connectivity index (χ4n) is 4.63. The summed E-state index contributed by atoms with van der Waals surface area (Å²) in [5.74, 6) is -0.522. The van der Waals surface area contributed by atoms with Gasteiger partial charge in [-0.3, -0.25) is 9.59 Å². The number of rotatable bonds is 8. The zero-order chi connectivity index (χ0) is 26.6. The van der Waals surface area contributed by atoms with Gasteiger partial charge in [-0.25, -0.2) is 4.79 Å². The van der Waals surface area contributed by atoms with Gasteiger partial charge in [-0.05, 0) is 29.8 Å². The molecule has 0 saturated carbocycles. The maximum Gasteiger partial charge on any atom is 0.338 e. The summed E-state index contributed by atoms with van der Waals surface area (Å²) in [5, 5.41) is 0. The Morgan fingerprint density at radius 2 is 1.76 bits per heavy atom. The van der Waals surface area contributed by atoms with Gasteiger partial charge in [-0.15, -0.1) is 0 Å². The van der Waals surface area contributed by atoms with Crippen LogP contribution >= 0.6 is 0 Å². The van der Waals surface area contributed by atoms with Crippen molar-refractivity contribution in [2.45, 2.75) is 19.3 Å². The van der Waals surface area contributed by atoms with E-state index in [0.717, 1.165) is 16.9 Å².